The standard InChI is InChI=1S/C13H16N2O3S/c1-9-3-5-11(7-13(9)19(14,16)17)15-8-12-6-4-10(2)18-12/h3-7,15H,8H2,1-2H3,(H2,14,16,17). The molecule has 2 aromatic rings. The molecule has 0 aliphatic heterocycles. The monoisotopic (exact) mass is 280 g/mol. The van der Waals surface area contributed by atoms with E-state index in [1.165, 1.54) is 6.07 Å². The largest absolute Gasteiger partial charge is 0.465 e. The summed E-state index contributed by atoms with van der Waals surface area (Å²) in [5, 5.41) is 8.26. The minimum Gasteiger partial charge on any atom is -0.465 e. The molecule has 1 aromatic carbocycles. The van der Waals surface area contributed by atoms with E-state index in [-0.39, 0.29) is 4.90 Å². The van der Waals surface area contributed by atoms with Crippen LogP contribution in [0.15, 0.2) is 39.6 Å². The number of aryl methyl sites for hydroxylation is 2. The SMILES string of the molecule is Cc1ccc(CNc2ccc(C)c(S(N)(=O)=O)c2)o1. The van der Waals surface area contributed by atoms with E-state index < -0.39 is 10.0 Å². The number of rotatable bonds is 4. The van der Waals surface area contributed by atoms with Crippen molar-refractivity contribution in [1.82, 2.24) is 0 Å². The Balaban J connectivity index is 2.18. The fraction of sp³-hybridized carbons (Fsp3) is 0.231. The van der Waals surface area contributed by atoms with Crippen molar-refractivity contribution in [1.29, 1.82) is 0 Å². The maximum absolute atomic E-state index is 11.4. The minimum absolute atomic E-state index is 0.133. The van der Waals surface area contributed by atoms with Gasteiger partial charge in [-0.25, -0.2) is 13.6 Å². The smallest absolute Gasteiger partial charge is 0.238 e. The summed E-state index contributed by atoms with van der Waals surface area (Å²) in [6.07, 6.45) is 0. The van der Waals surface area contributed by atoms with Crippen LogP contribution in [-0.4, -0.2) is 8.42 Å². The molecule has 0 saturated heterocycles. The maximum atomic E-state index is 11.4. The van der Waals surface area contributed by atoms with Crippen LogP contribution in [0.5, 0.6) is 0 Å². The maximum Gasteiger partial charge on any atom is 0.238 e. The molecule has 1 heterocycles. The number of anilines is 1. The van der Waals surface area contributed by atoms with E-state index in [0.29, 0.717) is 17.8 Å². The molecule has 0 saturated carbocycles. The third-order valence-corrected chi connectivity index (χ3v) is 3.81. The van der Waals surface area contributed by atoms with Crippen molar-refractivity contribution < 1.29 is 12.8 Å². The van der Waals surface area contributed by atoms with Gasteiger partial charge in [0.1, 0.15) is 11.5 Å². The van der Waals surface area contributed by atoms with Gasteiger partial charge >= 0.3 is 0 Å². The van der Waals surface area contributed by atoms with Crippen molar-refractivity contribution in [2.75, 3.05) is 5.32 Å². The highest BCUT2D eigenvalue weighted by Gasteiger charge is 2.12. The first-order valence-electron chi connectivity index (χ1n) is 5.79. The highest BCUT2D eigenvalue weighted by atomic mass is 32.2. The molecule has 102 valence electrons. The van der Waals surface area contributed by atoms with Crippen LogP contribution in [0.2, 0.25) is 0 Å². The van der Waals surface area contributed by atoms with E-state index in [4.69, 9.17) is 9.56 Å². The summed E-state index contributed by atoms with van der Waals surface area (Å²) < 4.78 is 28.3. The molecule has 0 fully saturated rings. The first kappa shape index (κ1) is 13.6. The third-order valence-electron chi connectivity index (χ3n) is 2.76. The summed E-state index contributed by atoms with van der Waals surface area (Å²) in [6, 6.07) is 8.80. The molecule has 0 atom stereocenters. The van der Waals surface area contributed by atoms with Gasteiger partial charge in [0, 0.05) is 5.69 Å². The van der Waals surface area contributed by atoms with Gasteiger partial charge in [0.2, 0.25) is 10.0 Å². The lowest BCUT2D eigenvalue weighted by molar-refractivity contribution is 0.490. The van der Waals surface area contributed by atoms with Crippen molar-refractivity contribution in [3.63, 3.8) is 0 Å². The number of hydrogen-bond acceptors (Lipinski definition) is 4. The molecule has 0 spiro atoms. The minimum atomic E-state index is -3.70. The zero-order valence-electron chi connectivity index (χ0n) is 10.8. The van der Waals surface area contributed by atoms with Crippen LogP contribution in [0.1, 0.15) is 17.1 Å². The number of furan rings is 1. The lowest BCUT2D eigenvalue weighted by Crippen LogP contribution is -2.14. The lowest BCUT2D eigenvalue weighted by Gasteiger charge is -2.08. The third kappa shape index (κ3) is 3.36. The molecule has 0 bridgehead atoms. The molecule has 0 amide bonds. The highest BCUT2D eigenvalue weighted by Crippen LogP contribution is 2.19. The van der Waals surface area contributed by atoms with Gasteiger partial charge in [-0.3, -0.25) is 0 Å². The summed E-state index contributed by atoms with van der Waals surface area (Å²) in [6.45, 7) is 4.06. The Kier molecular flexibility index (Phi) is 3.64. The van der Waals surface area contributed by atoms with Crippen LogP contribution in [0.3, 0.4) is 0 Å². The summed E-state index contributed by atoms with van der Waals surface area (Å²) in [7, 11) is -3.70. The zero-order chi connectivity index (χ0) is 14.0. The zero-order valence-corrected chi connectivity index (χ0v) is 11.6. The van der Waals surface area contributed by atoms with Gasteiger partial charge in [0.25, 0.3) is 0 Å². The fourth-order valence-corrected chi connectivity index (χ4v) is 2.59. The normalized spacial score (nSPS) is 11.5. The second-order valence-corrected chi connectivity index (χ2v) is 5.92. The Morgan fingerprint density at radius 3 is 2.53 bits per heavy atom. The van der Waals surface area contributed by atoms with Gasteiger partial charge in [-0.15, -0.1) is 0 Å². The van der Waals surface area contributed by atoms with Crippen LogP contribution < -0.4 is 10.5 Å². The molecule has 0 aliphatic rings. The van der Waals surface area contributed by atoms with Gasteiger partial charge in [-0.2, -0.15) is 0 Å². The van der Waals surface area contributed by atoms with E-state index in [2.05, 4.69) is 5.32 Å². The fourth-order valence-electron chi connectivity index (χ4n) is 1.79. The molecule has 0 radical (unpaired) electrons. The van der Waals surface area contributed by atoms with Crippen LogP contribution >= 0.6 is 0 Å². The van der Waals surface area contributed by atoms with Gasteiger partial charge < -0.3 is 9.73 Å². The summed E-state index contributed by atoms with van der Waals surface area (Å²) in [5.41, 5.74) is 1.31. The van der Waals surface area contributed by atoms with Crippen LogP contribution in [0.25, 0.3) is 0 Å². The number of hydrogen-bond donors (Lipinski definition) is 2. The molecule has 0 unspecified atom stereocenters. The van der Waals surface area contributed by atoms with Crippen LogP contribution in [-0.2, 0) is 16.6 Å². The molecule has 19 heavy (non-hydrogen) atoms. The lowest BCUT2D eigenvalue weighted by atomic mass is 10.2. The molecular weight excluding hydrogens is 264 g/mol. The summed E-state index contributed by atoms with van der Waals surface area (Å²) in [5.74, 6) is 1.63. The first-order chi connectivity index (χ1) is 8.86. The number of nitrogens with one attached hydrogen (secondary N) is 1. The average Bonchev–Trinajstić information content (AvgIpc) is 2.72. The van der Waals surface area contributed by atoms with Crippen molar-refractivity contribution in [2.24, 2.45) is 5.14 Å². The Hall–Kier alpha value is -1.79. The Labute approximate surface area is 112 Å². The molecule has 6 heteroatoms. The Bertz CT molecular complexity index is 690. The average molecular weight is 280 g/mol. The van der Waals surface area contributed by atoms with E-state index in [9.17, 15) is 8.42 Å². The van der Waals surface area contributed by atoms with Gasteiger partial charge in [0.05, 0.1) is 11.4 Å². The Morgan fingerprint density at radius 2 is 1.95 bits per heavy atom. The number of primary sulfonamides is 1. The predicted octanol–water partition coefficient (Wildman–Crippen LogP) is 2.16. The molecule has 1 aromatic heterocycles. The van der Waals surface area contributed by atoms with E-state index >= 15 is 0 Å². The number of sulfonamides is 1. The van der Waals surface area contributed by atoms with Crippen LogP contribution in [0.4, 0.5) is 5.69 Å². The van der Waals surface area contributed by atoms with Gasteiger partial charge in [0.15, 0.2) is 0 Å². The van der Waals surface area contributed by atoms with E-state index in [0.717, 1.165) is 11.5 Å². The molecule has 5 nitrogen and oxygen atoms in total. The number of benzene rings is 1. The quantitative estimate of drug-likeness (QED) is 0.898. The second kappa shape index (κ2) is 5.07. The summed E-state index contributed by atoms with van der Waals surface area (Å²) in [4.78, 5) is 0.133. The summed E-state index contributed by atoms with van der Waals surface area (Å²) >= 11 is 0. The number of nitrogens with two attached hydrogens (primary N) is 1. The molecule has 0 aliphatic carbocycles. The van der Waals surface area contributed by atoms with Crippen molar-refractivity contribution in [3.8, 4) is 0 Å². The van der Waals surface area contributed by atoms with Crippen molar-refractivity contribution in [2.45, 2.75) is 25.3 Å². The van der Waals surface area contributed by atoms with Gasteiger partial charge in [-0.05, 0) is 43.7 Å². The Morgan fingerprint density at radius 1 is 1.21 bits per heavy atom. The van der Waals surface area contributed by atoms with Crippen LogP contribution in [0, 0.1) is 13.8 Å². The molecule has 3 N–H and O–H groups in total. The van der Waals surface area contributed by atoms with Gasteiger partial charge in [-0.1, -0.05) is 6.07 Å². The first-order valence-corrected chi connectivity index (χ1v) is 7.33. The van der Waals surface area contributed by atoms with Crippen molar-refractivity contribution in [3.05, 3.63) is 47.4 Å². The molecular formula is C13H16N2O3S. The van der Waals surface area contributed by atoms with E-state index in [1.807, 2.05) is 19.1 Å². The topological polar surface area (TPSA) is 85.3 Å². The molecule has 2 rings (SSSR count). The van der Waals surface area contributed by atoms with E-state index in [1.54, 1.807) is 19.1 Å². The predicted molar refractivity (Wildman–Crippen MR) is 73.3 cm³/mol. The van der Waals surface area contributed by atoms with Crippen molar-refractivity contribution >= 4 is 15.7 Å². The second-order valence-electron chi connectivity index (χ2n) is 4.39. The highest BCUT2D eigenvalue weighted by molar-refractivity contribution is 7.89.